The molecule has 19 nitrogen and oxygen atoms in total. The monoisotopic (exact) mass is 1000 g/mol. The summed E-state index contributed by atoms with van der Waals surface area (Å²) in [4.78, 5) is 95.5. The summed E-state index contributed by atoms with van der Waals surface area (Å²) in [5.41, 5.74) is 1.07. The number of amides is 6. The van der Waals surface area contributed by atoms with Gasteiger partial charge in [0.1, 0.15) is 23.7 Å². The number of hydrogen-bond acceptors (Lipinski definition) is 14. The lowest BCUT2D eigenvalue weighted by molar-refractivity contribution is -0.148. The number of nitrogens with zero attached hydrogens (tertiary/aromatic N) is 4. The Morgan fingerprint density at radius 1 is 0.886 bits per heavy atom. The van der Waals surface area contributed by atoms with Gasteiger partial charge in [-0.2, -0.15) is 0 Å². The molecule has 0 bridgehead atoms. The molecule has 9 atom stereocenters. The molecule has 20 heteroatoms. The third kappa shape index (κ3) is 17.9. The molecule has 2 aromatic rings. The quantitative estimate of drug-likeness (QED) is 0.0608. The molecule has 394 valence electrons. The van der Waals surface area contributed by atoms with Gasteiger partial charge in [0.2, 0.25) is 35.4 Å². The van der Waals surface area contributed by atoms with Gasteiger partial charge in [0, 0.05) is 53.0 Å². The first-order valence-corrected chi connectivity index (χ1v) is 25.4. The third-order valence-corrected chi connectivity index (χ3v) is 14.1. The Bertz CT molecular complexity index is 1890. The number of ether oxygens (including phenoxy) is 4. The molecule has 0 aliphatic carbocycles. The Hall–Kier alpha value is -4.57. The largest absolute Gasteiger partial charge is 0.379 e. The van der Waals surface area contributed by atoms with E-state index in [9.17, 15) is 28.8 Å². The van der Waals surface area contributed by atoms with Crippen LogP contribution >= 0.6 is 11.3 Å². The van der Waals surface area contributed by atoms with Crippen molar-refractivity contribution in [3.8, 4) is 0 Å². The van der Waals surface area contributed by atoms with Crippen LogP contribution in [0.3, 0.4) is 0 Å². The minimum Gasteiger partial charge on any atom is -0.379 e. The lowest BCUT2D eigenvalue weighted by atomic mass is 9.89. The molecule has 3 rings (SSSR count). The molecular weight excluding hydrogens is 921 g/mol. The maximum atomic E-state index is 14.6. The molecule has 1 aromatic carbocycles. The summed E-state index contributed by atoms with van der Waals surface area (Å²) in [6.07, 6.45) is 3.07. The predicted octanol–water partition coefficient (Wildman–Crippen LogP) is 3.52. The zero-order chi connectivity index (χ0) is 51.9. The van der Waals surface area contributed by atoms with Crippen LogP contribution in [0.5, 0.6) is 0 Å². The van der Waals surface area contributed by atoms with E-state index in [0.29, 0.717) is 25.8 Å². The van der Waals surface area contributed by atoms with Gasteiger partial charge in [-0.25, -0.2) is 10.9 Å². The lowest BCUT2D eigenvalue weighted by Crippen LogP contribution is -2.60. The van der Waals surface area contributed by atoms with Crippen molar-refractivity contribution in [1.82, 2.24) is 35.6 Å². The molecule has 6 amide bonds. The van der Waals surface area contributed by atoms with Gasteiger partial charge in [0.15, 0.2) is 0 Å². The number of nitrogens with one attached hydrogen (secondary N) is 3. The van der Waals surface area contributed by atoms with E-state index in [4.69, 9.17) is 24.8 Å². The third-order valence-electron chi connectivity index (χ3n) is 13.2. The van der Waals surface area contributed by atoms with Crippen LogP contribution in [-0.2, 0) is 59.0 Å². The fourth-order valence-electron chi connectivity index (χ4n) is 9.17. The van der Waals surface area contributed by atoms with Gasteiger partial charge in [-0.1, -0.05) is 85.2 Å². The average Bonchev–Trinajstić information content (AvgIpc) is 4.06. The number of carbonyl (C=O) groups excluding carboxylic acids is 6. The van der Waals surface area contributed by atoms with Crippen molar-refractivity contribution < 1.29 is 52.6 Å². The highest BCUT2D eigenvalue weighted by Gasteiger charge is 2.43. The van der Waals surface area contributed by atoms with E-state index < -0.39 is 42.2 Å². The molecule has 1 fully saturated rings. The standard InChI is InChI=1S/C50H82N8O11S/c1-12-34(6)45(57(9)50(64)43(32(2)3)55-48(63)44(33(4)5)56(8)41(60)20-24-67-26-27-68-25-21-52-40(59)31-69-51)39(65-10)30-42(61)58-23-16-19-38(58)46(66-11)35(7)47(62)54-37(49-53-22-28-70-49)29-36-17-14-13-15-18-36/h13-15,17-18,22,28,32-35,37-39,43-46H,12,16,19-21,23-27,29-31,51H2,1-11H3,(H,52,59)(H,54,62)(H,55,63)/t34-,35+,37-,38-,39+,43-,44-,45-,46+/m0/s1. The Morgan fingerprint density at radius 2 is 1.57 bits per heavy atom. The predicted molar refractivity (Wildman–Crippen MR) is 267 cm³/mol. The summed E-state index contributed by atoms with van der Waals surface area (Å²) in [6, 6.07) is 6.86. The maximum Gasteiger partial charge on any atom is 0.248 e. The van der Waals surface area contributed by atoms with Crippen LogP contribution in [-0.4, -0.2) is 166 Å². The molecule has 1 aliphatic heterocycles. The number of benzene rings is 1. The van der Waals surface area contributed by atoms with Crippen LogP contribution in [0.1, 0.15) is 97.2 Å². The molecule has 2 heterocycles. The van der Waals surface area contributed by atoms with Crippen molar-refractivity contribution >= 4 is 46.8 Å². The number of methoxy groups -OCH3 is 2. The number of hydrogen-bond donors (Lipinski definition) is 4. The highest BCUT2D eigenvalue weighted by atomic mass is 32.1. The van der Waals surface area contributed by atoms with E-state index in [1.54, 1.807) is 37.2 Å². The number of aromatic nitrogens is 1. The topological polar surface area (TPSA) is 233 Å². The van der Waals surface area contributed by atoms with Crippen LogP contribution in [0, 0.1) is 23.7 Å². The van der Waals surface area contributed by atoms with E-state index in [2.05, 4.69) is 25.8 Å². The summed E-state index contributed by atoms with van der Waals surface area (Å²) in [6.45, 7) is 14.6. The van der Waals surface area contributed by atoms with Crippen molar-refractivity contribution in [1.29, 1.82) is 0 Å². The maximum absolute atomic E-state index is 14.6. The van der Waals surface area contributed by atoms with Crippen LogP contribution in [0.15, 0.2) is 41.9 Å². The number of likely N-dealkylation sites (N-methyl/N-ethyl adjacent to an activating group) is 2. The number of thiazole rings is 1. The second-order valence-corrected chi connectivity index (χ2v) is 19.7. The molecule has 1 aromatic heterocycles. The minimum absolute atomic E-state index is 0.0211. The summed E-state index contributed by atoms with van der Waals surface area (Å²) in [5, 5.41) is 11.5. The summed E-state index contributed by atoms with van der Waals surface area (Å²) in [5.74, 6) is 1.73. The normalized spacial score (nSPS) is 17.2. The number of nitrogens with two attached hydrogens (primary N) is 1. The van der Waals surface area contributed by atoms with Gasteiger partial charge in [-0.05, 0) is 42.6 Å². The van der Waals surface area contributed by atoms with Gasteiger partial charge in [0.25, 0.3) is 0 Å². The van der Waals surface area contributed by atoms with Crippen molar-refractivity contribution in [2.75, 3.05) is 74.4 Å². The van der Waals surface area contributed by atoms with Gasteiger partial charge >= 0.3 is 0 Å². The minimum atomic E-state index is -0.950. The van der Waals surface area contributed by atoms with Gasteiger partial charge in [0.05, 0.1) is 75.5 Å². The first-order chi connectivity index (χ1) is 33.4. The Labute approximate surface area is 419 Å². The fraction of sp³-hybridized carbons (Fsp3) is 0.700. The van der Waals surface area contributed by atoms with Crippen molar-refractivity contribution in [2.45, 2.75) is 129 Å². The number of likely N-dealkylation sites (tertiary alicyclic amines) is 1. The van der Waals surface area contributed by atoms with E-state index in [0.717, 1.165) is 17.0 Å². The highest BCUT2D eigenvalue weighted by molar-refractivity contribution is 7.09. The average molecular weight is 1000 g/mol. The smallest absolute Gasteiger partial charge is 0.248 e. The van der Waals surface area contributed by atoms with Crippen molar-refractivity contribution in [2.24, 2.45) is 29.6 Å². The van der Waals surface area contributed by atoms with Crippen molar-refractivity contribution in [3.05, 3.63) is 52.5 Å². The van der Waals surface area contributed by atoms with Gasteiger partial charge < -0.3 is 49.6 Å². The second-order valence-electron chi connectivity index (χ2n) is 18.8. The van der Waals surface area contributed by atoms with Crippen LogP contribution in [0.25, 0.3) is 0 Å². The molecule has 1 aliphatic rings. The molecule has 0 saturated carbocycles. The highest BCUT2D eigenvalue weighted by Crippen LogP contribution is 2.31. The number of carbonyl (C=O) groups is 6. The first kappa shape index (κ1) is 59.7. The molecule has 70 heavy (non-hydrogen) atoms. The molecule has 0 unspecified atom stereocenters. The summed E-state index contributed by atoms with van der Waals surface area (Å²) in [7, 11) is 6.37. The zero-order valence-electron chi connectivity index (χ0n) is 43.3. The molecule has 0 radical (unpaired) electrons. The molecule has 5 N–H and O–H groups in total. The van der Waals surface area contributed by atoms with Gasteiger partial charge in [-0.15, -0.1) is 11.3 Å². The lowest BCUT2D eigenvalue weighted by Gasteiger charge is -2.41. The SMILES string of the molecule is CC[C@H](C)[C@@H]([C@@H](CC(=O)N1CCC[C@H]1[C@H](OC)[C@@H](C)C(=O)N[C@@H](Cc1ccccc1)c1nccs1)OC)N(C)C(=O)[C@@H](NC(=O)[C@H](C(C)C)N(C)C(=O)CCOCCOCCNC(=O)CON)C(C)C. The molecule has 0 spiro atoms. The second kappa shape index (κ2) is 31.0. The molecule has 1 saturated heterocycles. The Kier molecular flexibility index (Phi) is 26.5. The van der Waals surface area contributed by atoms with Crippen molar-refractivity contribution in [3.63, 3.8) is 0 Å². The zero-order valence-corrected chi connectivity index (χ0v) is 44.2. The Balaban J connectivity index is 1.68. The summed E-state index contributed by atoms with van der Waals surface area (Å²) < 4.78 is 23.2. The fourth-order valence-corrected chi connectivity index (χ4v) is 9.85. The van der Waals surface area contributed by atoms with Crippen LogP contribution in [0.2, 0.25) is 0 Å². The molecular formula is C50H82N8O11S. The number of rotatable bonds is 32. The van der Waals surface area contributed by atoms with Gasteiger partial charge in [-0.3, -0.25) is 33.6 Å². The Morgan fingerprint density at radius 3 is 2.16 bits per heavy atom. The van der Waals surface area contributed by atoms with E-state index in [1.165, 1.54) is 23.3 Å². The van der Waals surface area contributed by atoms with E-state index >= 15 is 0 Å². The van der Waals surface area contributed by atoms with E-state index in [-0.39, 0.29) is 112 Å². The van der Waals surface area contributed by atoms with Crippen LogP contribution in [0.4, 0.5) is 0 Å². The first-order valence-electron chi connectivity index (χ1n) is 24.6. The summed E-state index contributed by atoms with van der Waals surface area (Å²) >= 11 is 1.49. The van der Waals surface area contributed by atoms with E-state index in [1.807, 2.05) is 84.2 Å². The van der Waals surface area contributed by atoms with Crippen LogP contribution < -0.4 is 21.8 Å².